The van der Waals surface area contributed by atoms with Crippen LogP contribution in [-0.4, -0.2) is 26.1 Å². The van der Waals surface area contributed by atoms with E-state index in [0.717, 1.165) is 5.69 Å². The first-order valence-electron chi connectivity index (χ1n) is 7.07. The second kappa shape index (κ2) is 7.57. The van der Waals surface area contributed by atoms with Gasteiger partial charge in [-0.2, -0.15) is 0 Å². The standard InChI is InChI=1S/C17H18Cl2N2O2/c1-11(23-16-9-4-12(18)10-15(16)19)17(22)20-13-5-7-14(8-6-13)21(2)3/h4-11H,1-3H3,(H,20,22). The fraction of sp³-hybridized carbons (Fsp3) is 0.235. The van der Waals surface area contributed by atoms with Crippen LogP contribution >= 0.6 is 23.2 Å². The summed E-state index contributed by atoms with van der Waals surface area (Å²) in [5.74, 6) is 0.162. The Morgan fingerprint density at radius 2 is 1.78 bits per heavy atom. The lowest BCUT2D eigenvalue weighted by Crippen LogP contribution is -2.30. The smallest absolute Gasteiger partial charge is 0.265 e. The van der Waals surface area contributed by atoms with E-state index in [1.165, 1.54) is 0 Å². The van der Waals surface area contributed by atoms with Crippen LogP contribution in [0.5, 0.6) is 5.75 Å². The van der Waals surface area contributed by atoms with Crippen molar-refractivity contribution in [1.82, 2.24) is 0 Å². The van der Waals surface area contributed by atoms with Gasteiger partial charge in [0.25, 0.3) is 5.91 Å². The third-order valence-electron chi connectivity index (χ3n) is 3.22. The third kappa shape index (κ3) is 4.78. The molecule has 122 valence electrons. The Bertz CT molecular complexity index is 687. The SMILES string of the molecule is CC(Oc1ccc(Cl)cc1Cl)C(=O)Nc1ccc(N(C)C)cc1. The van der Waals surface area contributed by atoms with Crippen molar-refractivity contribution >= 4 is 40.5 Å². The zero-order valence-corrected chi connectivity index (χ0v) is 14.7. The number of carbonyl (C=O) groups is 1. The molecular formula is C17H18Cl2N2O2. The van der Waals surface area contributed by atoms with Crippen molar-refractivity contribution in [2.24, 2.45) is 0 Å². The molecule has 1 unspecified atom stereocenters. The van der Waals surface area contributed by atoms with Gasteiger partial charge in [0.15, 0.2) is 6.10 Å². The molecule has 23 heavy (non-hydrogen) atoms. The highest BCUT2D eigenvalue weighted by molar-refractivity contribution is 6.35. The number of rotatable bonds is 5. The first kappa shape index (κ1) is 17.4. The monoisotopic (exact) mass is 352 g/mol. The van der Waals surface area contributed by atoms with Crippen molar-refractivity contribution in [3.63, 3.8) is 0 Å². The molecule has 0 radical (unpaired) electrons. The number of amides is 1. The highest BCUT2D eigenvalue weighted by atomic mass is 35.5. The van der Waals surface area contributed by atoms with Gasteiger partial charge in [0.05, 0.1) is 5.02 Å². The molecule has 1 atom stereocenters. The summed E-state index contributed by atoms with van der Waals surface area (Å²) >= 11 is 11.9. The molecule has 0 fully saturated rings. The molecule has 0 saturated carbocycles. The number of halogens is 2. The molecule has 0 bridgehead atoms. The van der Waals surface area contributed by atoms with E-state index in [2.05, 4.69) is 5.32 Å². The number of benzene rings is 2. The lowest BCUT2D eigenvalue weighted by molar-refractivity contribution is -0.122. The summed E-state index contributed by atoms with van der Waals surface area (Å²) < 4.78 is 5.59. The number of nitrogens with one attached hydrogen (secondary N) is 1. The topological polar surface area (TPSA) is 41.6 Å². The maximum absolute atomic E-state index is 12.2. The van der Waals surface area contributed by atoms with Crippen molar-refractivity contribution in [1.29, 1.82) is 0 Å². The molecule has 2 rings (SSSR count). The van der Waals surface area contributed by atoms with Gasteiger partial charge in [-0.3, -0.25) is 4.79 Å². The van der Waals surface area contributed by atoms with Crippen LogP contribution < -0.4 is 15.0 Å². The van der Waals surface area contributed by atoms with Crippen LogP contribution in [0.2, 0.25) is 10.0 Å². The zero-order valence-electron chi connectivity index (χ0n) is 13.1. The molecule has 0 saturated heterocycles. The van der Waals surface area contributed by atoms with Crippen LogP contribution in [0.1, 0.15) is 6.92 Å². The Labute approximate surface area is 146 Å². The van der Waals surface area contributed by atoms with Gasteiger partial charge in [0.1, 0.15) is 5.75 Å². The first-order valence-corrected chi connectivity index (χ1v) is 7.82. The molecule has 2 aromatic rings. The summed E-state index contributed by atoms with van der Waals surface area (Å²) in [6, 6.07) is 12.4. The summed E-state index contributed by atoms with van der Waals surface area (Å²) in [6.45, 7) is 1.66. The maximum atomic E-state index is 12.2. The largest absolute Gasteiger partial charge is 0.479 e. The van der Waals surface area contributed by atoms with E-state index < -0.39 is 6.10 Å². The maximum Gasteiger partial charge on any atom is 0.265 e. The summed E-state index contributed by atoms with van der Waals surface area (Å²) in [4.78, 5) is 14.2. The van der Waals surface area contributed by atoms with Crippen molar-refractivity contribution in [3.05, 3.63) is 52.5 Å². The molecule has 0 heterocycles. The van der Waals surface area contributed by atoms with Crippen molar-refractivity contribution < 1.29 is 9.53 Å². The van der Waals surface area contributed by atoms with Crippen molar-refractivity contribution in [2.45, 2.75) is 13.0 Å². The lowest BCUT2D eigenvalue weighted by Gasteiger charge is -2.16. The zero-order chi connectivity index (χ0) is 17.0. The summed E-state index contributed by atoms with van der Waals surface area (Å²) in [5.41, 5.74) is 1.76. The molecule has 4 nitrogen and oxygen atoms in total. The van der Waals surface area contributed by atoms with E-state index in [4.69, 9.17) is 27.9 Å². The molecule has 0 aliphatic rings. The number of nitrogens with zero attached hydrogens (tertiary/aromatic N) is 1. The Balaban J connectivity index is 1.99. The summed E-state index contributed by atoms with van der Waals surface area (Å²) in [6.07, 6.45) is -0.692. The van der Waals surface area contributed by atoms with Crippen molar-refractivity contribution in [2.75, 3.05) is 24.3 Å². The van der Waals surface area contributed by atoms with Crippen LogP contribution in [0.15, 0.2) is 42.5 Å². The third-order valence-corrected chi connectivity index (χ3v) is 3.75. The van der Waals surface area contributed by atoms with Gasteiger partial charge >= 0.3 is 0 Å². The minimum atomic E-state index is -0.692. The average molecular weight is 353 g/mol. The molecule has 1 N–H and O–H groups in total. The molecule has 0 aliphatic heterocycles. The Hall–Kier alpha value is -1.91. The molecule has 0 aliphatic carbocycles. The van der Waals surface area contributed by atoms with Gasteiger partial charge < -0.3 is 15.0 Å². The van der Waals surface area contributed by atoms with Gasteiger partial charge in [-0.05, 0) is 49.4 Å². The van der Waals surface area contributed by atoms with Gasteiger partial charge in [0.2, 0.25) is 0 Å². The van der Waals surface area contributed by atoms with Gasteiger partial charge in [0, 0.05) is 30.5 Å². The Morgan fingerprint density at radius 1 is 1.13 bits per heavy atom. The number of hydrogen-bond donors (Lipinski definition) is 1. The number of ether oxygens (including phenoxy) is 1. The number of hydrogen-bond acceptors (Lipinski definition) is 3. The van der Waals surface area contributed by atoms with Crippen LogP contribution in [0, 0.1) is 0 Å². The van der Waals surface area contributed by atoms with E-state index in [0.29, 0.717) is 21.5 Å². The van der Waals surface area contributed by atoms with E-state index in [9.17, 15) is 4.79 Å². The van der Waals surface area contributed by atoms with E-state index in [-0.39, 0.29) is 5.91 Å². The lowest BCUT2D eigenvalue weighted by atomic mass is 10.2. The minimum Gasteiger partial charge on any atom is -0.479 e. The molecule has 0 aromatic heterocycles. The van der Waals surface area contributed by atoms with Gasteiger partial charge in [-0.1, -0.05) is 23.2 Å². The second-order valence-corrected chi connectivity index (χ2v) is 6.11. The van der Waals surface area contributed by atoms with Crippen molar-refractivity contribution in [3.8, 4) is 5.75 Å². The number of carbonyl (C=O) groups excluding carboxylic acids is 1. The first-order chi connectivity index (χ1) is 10.9. The molecule has 6 heteroatoms. The Morgan fingerprint density at radius 3 is 2.35 bits per heavy atom. The molecule has 0 spiro atoms. The van der Waals surface area contributed by atoms with E-state index in [1.54, 1.807) is 25.1 Å². The molecular weight excluding hydrogens is 335 g/mol. The summed E-state index contributed by atoms with van der Waals surface area (Å²) in [7, 11) is 3.92. The van der Waals surface area contributed by atoms with Gasteiger partial charge in [-0.25, -0.2) is 0 Å². The van der Waals surface area contributed by atoms with Crippen LogP contribution in [-0.2, 0) is 4.79 Å². The van der Waals surface area contributed by atoms with Crippen LogP contribution in [0.4, 0.5) is 11.4 Å². The quantitative estimate of drug-likeness (QED) is 0.863. The fourth-order valence-electron chi connectivity index (χ4n) is 1.90. The predicted molar refractivity (Wildman–Crippen MR) is 96.0 cm³/mol. The molecule has 2 aromatic carbocycles. The highest BCUT2D eigenvalue weighted by Crippen LogP contribution is 2.28. The second-order valence-electron chi connectivity index (χ2n) is 5.27. The predicted octanol–water partition coefficient (Wildman–Crippen LogP) is 4.47. The summed E-state index contributed by atoms with van der Waals surface area (Å²) in [5, 5.41) is 3.69. The molecule has 1 amide bonds. The van der Waals surface area contributed by atoms with E-state index >= 15 is 0 Å². The average Bonchev–Trinajstić information content (AvgIpc) is 2.50. The minimum absolute atomic E-state index is 0.256. The highest BCUT2D eigenvalue weighted by Gasteiger charge is 2.16. The van der Waals surface area contributed by atoms with E-state index in [1.807, 2.05) is 43.3 Å². The van der Waals surface area contributed by atoms with Crippen LogP contribution in [0.25, 0.3) is 0 Å². The normalized spacial score (nSPS) is 11.7. The fourth-order valence-corrected chi connectivity index (χ4v) is 2.35. The Kier molecular flexibility index (Phi) is 5.74. The van der Waals surface area contributed by atoms with Gasteiger partial charge in [-0.15, -0.1) is 0 Å². The number of anilines is 2. The van der Waals surface area contributed by atoms with Crippen LogP contribution in [0.3, 0.4) is 0 Å².